The summed E-state index contributed by atoms with van der Waals surface area (Å²) in [5, 5.41) is 10.0. The highest BCUT2D eigenvalue weighted by Gasteiger charge is 2.45. The fourth-order valence-corrected chi connectivity index (χ4v) is 3.88. The molecule has 146 valence electrons. The van der Waals surface area contributed by atoms with Crippen molar-refractivity contribution in [2.24, 2.45) is 0 Å². The molecule has 0 aromatic heterocycles. The van der Waals surface area contributed by atoms with Crippen LogP contribution in [0.25, 0.3) is 0 Å². The van der Waals surface area contributed by atoms with Crippen molar-refractivity contribution in [1.29, 1.82) is 0 Å². The number of nitrogens with zero attached hydrogens (tertiary/aromatic N) is 1. The van der Waals surface area contributed by atoms with Crippen LogP contribution in [-0.4, -0.2) is 21.9 Å². The van der Waals surface area contributed by atoms with Gasteiger partial charge in [0, 0.05) is 17.7 Å². The molecule has 1 amide bonds. The molecule has 1 heterocycles. The lowest BCUT2D eigenvalue weighted by molar-refractivity contribution is -0.140. The maximum atomic E-state index is 14.7. The second kappa shape index (κ2) is 7.47. The van der Waals surface area contributed by atoms with Gasteiger partial charge in [-0.25, -0.2) is 8.78 Å². The first-order chi connectivity index (χ1) is 14.0. The van der Waals surface area contributed by atoms with Gasteiger partial charge in [-0.3, -0.25) is 9.59 Å². The summed E-state index contributed by atoms with van der Waals surface area (Å²) >= 11 is 0. The van der Waals surface area contributed by atoms with Crippen LogP contribution in [0.1, 0.15) is 39.0 Å². The first kappa shape index (κ1) is 18.8. The molecule has 0 fully saturated rings. The number of carboxylic acids is 1. The molecule has 0 bridgehead atoms. The summed E-state index contributed by atoms with van der Waals surface area (Å²) in [7, 11) is 0. The molecule has 0 saturated carbocycles. The van der Waals surface area contributed by atoms with Crippen molar-refractivity contribution in [2.75, 3.05) is 0 Å². The molecule has 6 heteroatoms. The Labute approximate surface area is 166 Å². The Morgan fingerprint density at radius 3 is 2.17 bits per heavy atom. The van der Waals surface area contributed by atoms with Gasteiger partial charge in [0.05, 0.1) is 6.04 Å². The number of aliphatic carboxylic acids is 1. The summed E-state index contributed by atoms with van der Waals surface area (Å²) in [4.78, 5) is 26.9. The lowest BCUT2D eigenvalue weighted by Gasteiger charge is -2.41. The monoisotopic (exact) mass is 393 g/mol. The van der Waals surface area contributed by atoms with Crippen molar-refractivity contribution in [3.8, 4) is 0 Å². The maximum Gasteiger partial charge on any atom is 0.313 e. The molecule has 4 nitrogen and oxygen atoms in total. The molecule has 2 unspecified atom stereocenters. The van der Waals surface area contributed by atoms with E-state index in [2.05, 4.69) is 0 Å². The highest BCUT2D eigenvalue weighted by Crippen LogP contribution is 2.44. The van der Waals surface area contributed by atoms with Gasteiger partial charge in [0.25, 0.3) is 5.91 Å². The SMILES string of the molecule is O=C(O)C1c2ccccc2C(=O)N(Cc2ccc(F)cc2)C1c1ccccc1F. The molecule has 4 rings (SSSR count). The van der Waals surface area contributed by atoms with Gasteiger partial charge in [0.1, 0.15) is 17.6 Å². The second-order valence-corrected chi connectivity index (χ2v) is 6.93. The average molecular weight is 393 g/mol. The van der Waals surface area contributed by atoms with E-state index in [9.17, 15) is 23.5 Å². The van der Waals surface area contributed by atoms with E-state index < -0.39 is 35.5 Å². The Hall–Kier alpha value is -3.54. The van der Waals surface area contributed by atoms with Crippen LogP contribution in [0.4, 0.5) is 8.78 Å². The number of halogens is 2. The summed E-state index contributed by atoms with van der Waals surface area (Å²) in [6.45, 7) is 0.0240. The van der Waals surface area contributed by atoms with Crippen LogP contribution in [0, 0.1) is 11.6 Å². The first-order valence-corrected chi connectivity index (χ1v) is 9.09. The van der Waals surface area contributed by atoms with E-state index in [1.165, 1.54) is 47.4 Å². The maximum absolute atomic E-state index is 14.7. The van der Waals surface area contributed by atoms with Gasteiger partial charge in [0.15, 0.2) is 0 Å². The van der Waals surface area contributed by atoms with Crippen LogP contribution in [0.3, 0.4) is 0 Å². The normalized spacial score (nSPS) is 18.4. The molecule has 29 heavy (non-hydrogen) atoms. The summed E-state index contributed by atoms with van der Waals surface area (Å²) in [5.41, 5.74) is 1.37. The minimum Gasteiger partial charge on any atom is -0.481 e. The third kappa shape index (κ3) is 3.38. The third-order valence-corrected chi connectivity index (χ3v) is 5.19. The summed E-state index contributed by atoms with van der Waals surface area (Å²) in [6.07, 6.45) is 0. The minimum absolute atomic E-state index is 0.0240. The smallest absolute Gasteiger partial charge is 0.313 e. The zero-order valence-corrected chi connectivity index (χ0v) is 15.3. The van der Waals surface area contributed by atoms with Crippen LogP contribution in [0.5, 0.6) is 0 Å². The number of fused-ring (bicyclic) bond motifs is 1. The second-order valence-electron chi connectivity index (χ2n) is 6.93. The largest absolute Gasteiger partial charge is 0.481 e. The molecular formula is C23H17F2NO3. The van der Waals surface area contributed by atoms with Crippen LogP contribution in [0.2, 0.25) is 0 Å². The van der Waals surface area contributed by atoms with E-state index in [-0.39, 0.29) is 17.7 Å². The zero-order valence-electron chi connectivity index (χ0n) is 15.3. The molecular weight excluding hydrogens is 376 g/mol. The number of carbonyl (C=O) groups is 2. The first-order valence-electron chi connectivity index (χ1n) is 9.09. The van der Waals surface area contributed by atoms with Crippen molar-refractivity contribution < 1.29 is 23.5 Å². The van der Waals surface area contributed by atoms with Crippen LogP contribution in [-0.2, 0) is 11.3 Å². The molecule has 0 saturated heterocycles. The van der Waals surface area contributed by atoms with Gasteiger partial charge in [-0.05, 0) is 35.4 Å². The van der Waals surface area contributed by atoms with Crippen molar-refractivity contribution >= 4 is 11.9 Å². The fourth-order valence-electron chi connectivity index (χ4n) is 3.88. The number of carbonyl (C=O) groups excluding carboxylic acids is 1. The number of rotatable bonds is 4. The number of benzene rings is 3. The Bertz CT molecular complexity index is 1080. The Balaban J connectivity index is 1.90. The molecule has 3 aromatic carbocycles. The Kier molecular flexibility index (Phi) is 4.84. The number of hydrogen-bond acceptors (Lipinski definition) is 2. The van der Waals surface area contributed by atoms with E-state index in [0.29, 0.717) is 11.1 Å². The topological polar surface area (TPSA) is 57.6 Å². The third-order valence-electron chi connectivity index (χ3n) is 5.19. The van der Waals surface area contributed by atoms with Gasteiger partial charge < -0.3 is 10.0 Å². The highest BCUT2D eigenvalue weighted by molar-refractivity contribution is 6.00. The molecule has 0 radical (unpaired) electrons. The summed E-state index contributed by atoms with van der Waals surface area (Å²) < 4.78 is 28.0. The van der Waals surface area contributed by atoms with Crippen LogP contribution < -0.4 is 0 Å². The highest BCUT2D eigenvalue weighted by atomic mass is 19.1. The van der Waals surface area contributed by atoms with Gasteiger partial charge in [0.2, 0.25) is 0 Å². The standard InChI is InChI=1S/C23H17F2NO3/c24-15-11-9-14(10-12-15)13-26-21(18-7-3-4-8-19(18)25)20(23(28)29)16-5-1-2-6-17(16)22(26)27/h1-12,20-21H,13H2,(H,28,29). The minimum atomic E-state index is -1.15. The summed E-state index contributed by atoms with van der Waals surface area (Å²) in [6, 6.07) is 16.9. The van der Waals surface area contributed by atoms with E-state index >= 15 is 0 Å². The Morgan fingerprint density at radius 2 is 1.52 bits per heavy atom. The average Bonchev–Trinajstić information content (AvgIpc) is 2.71. The fraction of sp³-hybridized carbons (Fsp3) is 0.130. The zero-order chi connectivity index (χ0) is 20.5. The van der Waals surface area contributed by atoms with Gasteiger partial charge in [-0.15, -0.1) is 0 Å². The van der Waals surface area contributed by atoms with E-state index in [4.69, 9.17) is 0 Å². The van der Waals surface area contributed by atoms with E-state index in [0.717, 1.165) is 0 Å². The lowest BCUT2D eigenvalue weighted by Crippen LogP contribution is -2.44. The molecule has 1 aliphatic rings. The van der Waals surface area contributed by atoms with E-state index in [1.807, 2.05) is 0 Å². The van der Waals surface area contributed by atoms with Crippen molar-refractivity contribution in [2.45, 2.75) is 18.5 Å². The van der Waals surface area contributed by atoms with Gasteiger partial charge in [-0.1, -0.05) is 48.5 Å². The molecule has 1 aliphatic heterocycles. The lowest BCUT2D eigenvalue weighted by atomic mass is 9.79. The van der Waals surface area contributed by atoms with Crippen molar-refractivity contribution in [1.82, 2.24) is 4.90 Å². The molecule has 0 aliphatic carbocycles. The van der Waals surface area contributed by atoms with E-state index in [1.54, 1.807) is 30.3 Å². The molecule has 1 N–H and O–H groups in total. The van der Waals surface area contributed by atoms with Gasteiger partial charge in [-0.2, -0.15) is 0 Å². The summed E-state index contributed by atoms with van der Waals surface area (Å²) in [5.74, 6) is -3.68. The number of hydrogen-bond donors (Lipinski definition) is 1. The number of amides is 1. The molecule has 3 aromatic rings. The predicted molar refractivity (Wildman–Crippen MR) is 102 cm³/mol. The van der Waals surface area contributed by atoms with Crippen LogP contribution >= 0.6 is 0 Å². The van der Waals surface area contributed by atoms with Gasteiger partial charge >= 0.3 is 5.97 Å². The predicted octanol–water partition coefficient (Wildman–Crippen LogP) is 4.53. The molecule has 2 atom stereocenters. The van der Waals surface area contributed by atoms with Crippen LogP contribution in [0.15, 0.2) is 72.8 Å². The van der Waals surface area contributed by atoms with Crippen molar-refractivity contribution in [3.63, 3.8) is 0 Å². The Morgan fingerprint density at radius 1 is 0.897 bits per heavy atom. The molecule has 0 spiro atoms. The van der Waals surface area contributed by atoms with Crippen molar-refractivity contribution in [3.05, 3.63) is 107 Å². The number of carboxylic acid groups (broad SMARTS) is 1. The quantitative estimate of drug-likeness (QED) is 0.709.